The molecule has 0 spiro atoms. The van der Waals surface area contributed by atoms with Gasteiger partial charge in [0, 0.05) is 0 Å². The fourth-order valence-electron chi connectivity index (χ4n) is 14.6. The number of ether oxygens (including phenoxy) is 8. The maximum absolute atomic E-state index is 14.4. The second-order valence-electron chi connectivity index (χ2n) is 32.0. The van der Waals surface area contributed by atoms with Gasteiger partial charge < -0.3 is 37.9 Å². The van der Waals surface area contributed by atoms with Crippen LogP contribution in [0, 0.1) is 0 Å². The molecule has 0 atom stereocenters. The van der Waals surface area contributed by atoms with Gasteiger partial charge in [0.05, 0.1) is 60.6 Å². The minimum atomic E-state index is -4.07. The van der Waals surface area contributed by atoms with E-state index in [0.29, 0.717) is 74.1 Å². The molecule has 4 rings (SSSR count). The second-order valence-corrected chi connectivity index (χ2v) is 34.0. The molecular formula is C98H162O12S. The van der Waals surface area contributed by atoms with Crippen LogP contribution in [0.3, 0.4) is 0 Å². The lowest BCUT2D eigenvalue weighted by Gasteiger charge is -2.19. The smallest absolute Gasteiger partial charge is 0.343 e. The van der Waals surface area contributed by atoms with Gasteiger partial charge in [0.15, 0.2) is 23.0 Å². The fourth-order valence-corrected chi connectivity index (χ4v) is 15.8. The van der Waals surface area contributed by atoms with E-state index >= 15 is 0 Å². The van der Waals surface area contributed by atoms with Crippen molar-refractivity contribution in [1.82, 2.24) is 0 Å². The van der Waals surface area contributed by atoms with E-state index < -0.39 is 21.8 Å². The number of esters is 2. The lowest BCUT2D eigenvalue weighted by molar-refractivity contribution is 0.0724. The third kappa shape index (κ3) is 47.3. The largest absolute Gasteiger partial charge is 0.490 e. The minimum absolute atomic E-state index is 0.00687. The molecule has 632 valence electrons. The Morgan fingerprint density at radius 3 is 0.568 bits per heavy atom. The maximum atomic E-state index is 14.4. The second kappa shape index (κ2) is 67.9. The summed E-state index contributed by atoms with van der Waals surface area (Å²) < 4.78 is 80.3. The Morgan fingerprint density at radius 2 is 0.387 bits per heavy atom. The van der Waals surface area contributed by atoms with Gasteiger partial charge in [-0.25, -0.2) is 18.0 Å². The van der Waals surface area contributed by atoms with Gasteiger partial charge in [0.2, 0.25) is 21.3 Å². The number of rotatable bonds is 78. The number of hydrogen-bond acceptors (Lipinski definition) is 12. The first-order valence-corrected chi connectivity index (χ1v) is 48.1. The van der Waals surface area contributed by atoms with Gasteiger partial charge >= 0.3 is 11.9 Å². The number of sulfone groups is 1. The van der Waals surface area contributed by atoms with Crippen LogP contribution in [0.2, 0.25) is 0 Å². The minimum Gasteiger partial charge on any atom is -0.490 e. The Labute approximate surface area is 679 Å². The summed E-state index contributed by atoms with van der Waals surface area (Å²) >= 11 is 0. The molecule has 0 aromatic heterocycles. The summed E-state index contributed by atoms with van der Waals surface area (Å²) in [5.41, 5.74) is 0.495. The number of hydrogen-bond donors (Lipinski definition) is 0. The lowest BCUT2D eigenvalue weighted by Crippen LogP contribution is -2.12. The van der Waals surface area contributed by atoms with Crippen LogP contribution >= 0.6 is 0 Å². The highest BCUT2D eigenvalue weighted by molar-refractivity contribution is 7.91. The number of unbranched alkanes of at least 4 members (excludes halogenated alkanes) is 54. The zero-order valence-electron chi connectivity index (χ0n) is 71.9. The van der Waals surface area contributed by atoms with E-state index in [1.165, 1.54) is 331 Å². The van der Waals surface area contributed by atoms with Crippen molar-refractivity contribution >= 4 is 21.8 Å². The Balaban J connectivity index is 1.53. The van der Waals surface area contributed by atoms with Crippen LogP contribution in [-0.2, 0) is 9.84 Å². The summed E-state index contributed by atoms with van der Waals surface area (Å²) in [6, 6.07) is 18.6. The van der Waals surface area contributed by atoms with Crippen molar-refractivity contribution in [1.29, 1.82) is 0 Å². The van der Waals surface area contributed by atoms with Crippen LogP contribution in [0.5, 0.6) is 46.0 Å². The van der Waals surface area contributed by atoms with Crippen LogP contribution in [-0.4, -0.2) is 60.0 Å². The molecule has 0 N–H and O–H groups in total. The van der Waals surface area contributed by atoms with Crippen molar-refractivity contribution in [2.24, 2.45) is 0 Å². The Kier molecular flexibility index (Phi) is 59.9. The number of carbonyl (C=O) groups excluding carboxylic acids is 2. The highest BCUT2D eigenvalue weighted by Crippen LogP contribution is 2.42. The molecule has 0 aliphatic rings. The van der Waals surface area contributed by atoms with E-state index in [1.807, 2.05) is 0 Å². The van der Waals surface area contributed by atoms with Crippen LogP contribution in [0.1, 0.15) is 448 Å². The predicted molar refractivity (Wildman–Crippen MR) is 465 cm³/mol. The highest BCUT2D eigenvalue weighted by Gasteiger charge is 2.25. The van der Waals surface area contributed by atoms with Gasteiger partial charge in [0.1, 0.15) is 11.5 Å². The van der Waals surface area contributed by atoms with E-state index in [1.54, 1.807) is 24.3 Å². The van der Waals surface area contributed by atoms with Gasteiger partial charge in [-0.3, -0.25) is 0 Å². The summed E-state index contributed by atoms with van der Waals surface area (Å²) in [6.45, 7) is 16.5. The Morgan fingerprint density at radius 1 is 0.225 bits per heavy atom. The third-order valence-corrected chi connectivity index (χ3v) is 23.5. The maximum Gasteiger partial charge on any atom is 0.343 e. The fraction of sp³-hybridized carbons (Fsp3) is 0.735. The SMILES string of the molecule is CCCCCCCCCCCCOc1cc(C(=O)Oc2ccc(S(=O)(=O)c3ccc(OC(=O)c4cc(OCCCCCCCCCCCC)c(OCCCCCCCCCCCC)c(OCCCCCCCCCCCC)c4)cc3)cc2)cc(OCCCCCCCCCCCC)c1OCCCCCCCCCCCC. The first-order chi connectivity index (χ1) is 54.6. The summed E-state index contributed by atoms with van der Waals surface area (Å²) in [5, 5.41) is 0. The molecule has 0 aliphatic heterocycles. The Bertz CT molecular complexity index is 2690. The van der Waals surface area contributed by atoms with E-state index in [9.17, 15) is 18.0 Å². The molecule has 0 aliphatic carbocycles. The van der Waals surface area contributed by atoms with Crippen LogP contribution in [0.15, 0.2) is 82.6 Å². The molecular weight excluding hydrogens is 1400 g/mol. The van der Waals surface area contributed by atoms with E-state index in [2.05, 4.69) is 41.5 Å². The molecule has 0 saturated carbocycles. The van der Waals surface area contributed by atoms with Gasteiger partial charge in [-0.15, -0.1) is 0 Å². The first kappa shape index (κ1) is 97.9. The van der Waals surface area contributed by atoms with Gasteiger partial charge in [-0.1, -0.05) is 388 Å². The molecule has 0 radical (unpaired) electrons. The molecule has 0 heterocycles. The van der Waals surface area contributed by atoms with Gasteiger partial charge in [-0.2, -0.15) is 0 Å². The van der Waals surface area contributed by atoms with Crippen molar-refractivity contribution < 1.29 is 55.9 Å². The third-order valence-electron chi connectivity index (χ3n) is 21.7. The summed E-state index contributed by atoms with van der Waals surface area (Å²) in [5.74, 6) is 1.99. The number of benzene rings is 4. The molecule has 0 bridgehead atoms. The van der Waals surface area contributed by atoms with E-state index in [4.69, 9.17) is 37.9 Å². The molecule has 13 heteroatoms. The van der Waals surface area contributed by atoms with Crippen molar-refractivity contribution in [2.75, 3.05) is 39.6 Å². The van der Waals surface area contributed by atoms with Crippen LogP contribution in [0.4, 0.5) is 0 Å². The van der Waals surface area contributed by atoms with Crippen molar-refractivity contribution in [3.63, 3.8) is 0 Å². The monoisotopic (exact) mass is 1560 g/mol. The molecule has 4 aromatic rings. The van der Waals surface area contributed by atoms with Crippen molar-refractivity contribution in [3.05, 3.63) is 83.9 Å². The quantitative estimate of drug-likeness (QED) is 0.0236. The van der Waals surface area contributed by atoms with Crippen LogP contribution < -0.4 is 37.9 Å². The van der Waals surface area contributed by atoms with E-state index in [0.717, 1.165) is 103 Å². The molecule has 4 aromatic carbocycles. The molecule has 111 heavy (non-hydrogen) atoms. The molecule has 0 amide bonds. The first-order valence-electron chi connectivity index (χ1n) is 46.6. The summed E-state index contributed by atoms with van der Waals surface area (Å²) in [6.07, 6.45) is 72.8. The predicted octanol–water partition coefficient (Wildman–Crippen LogP) is 30.8. The Hall–Kier alpha value is -5.43. The number of carbonyl (C=O) groups is 2. The van der Waals surface area contributed by atoms with Crippen molar-refractivity contribution in [3.8, 4) is 46.0 Å². The topological polar surface area (TPSA) is 142 Å². The normalized spacial score (nSPS) is 11.5. The molecule has 0 fully saturated rings. The lowest BCUT2D eigenvalue weighted by atomic mass is 10.1. The van der Waals surface area contributed by atoms with Gasteiger partial charge in [0.25, 0.3) is 0 Å². The molecule has 0 saturated heterocycles. The average Bonchev–Trinajstić information content (AvgIpc) is 0.808. The highest BCUT2D eigenvalue weighted by atomic mass is 32.2. The van der Waals surface area contributed by atoms with Crippen LogP contribution in [0.25, 0.3) is 0 Å². The van der Waals surface area contributed by atoms with Crippen molar-refractivity contribution in [2.45, 2.75) is 437 Å². The molecule has 0 unspecified atom stereocenters. The standard InChI is InChI=1S/C98H162O12S/c1-7-13-19-25-31-37-43-49-55-61-75-103-91-81-85(82-92(104-76-62-56-50-44-38-32-26-20-14-8-2)95(91)107-79-65-59-53-47-41-35-29-23-17-11-5)97(99)109-87-67-71-89(72-68-87)111(101,102)90-73-69-88(70-74-90)110-98(100)86-83-93(105-77-63-57-51-45-39-33-27-21-15-9-3)96(108-80-66-60-54-48-42-36-30-24-18-12-6)94(84-86)106-78-64-58-52-46-40-34-28-22-16-10-4/h67-74,81-84H,7-66,75-80H2,1-6H3. The average molecular weight is 1560 g/mol. The zero-order chi connectivity index (χ0) is 79.4. The van der Waals surface area contributed by atoms with E-state index in [-0.39, 0.29) is 32.4 Å². The van der Waals surface area contributed by atoms with Gasteiger partial charge in [-0.05, 0) is 111 Å². The summed E-state index contributed by atoms with van der Waals surface area (Å²) in [7, 11) is -4.07. The molecule has 12 nitrogen and oxygen atoms in total. The summed E-state index contributed by atoms with van der Waals surface area (Å²) in [4.78, 5) is 28.7. The zero-order valence-corrected chi connectivity index (χ0v) is 72.7.